The summed E-state index contributed by atoms with van der Waals surface area (Å²) >= 11 is 3.46. The number of benzene rings is 2. The number of esters is 1. The lowest BCUT2D eigenvalue weighted by atomic mass is 10.1. The molecule has 122 valence electrons. The van der Waals surface area contributed by atoms with Gasteiger partial charge in [-0.15, -0.1) is 0 Å². The van der Waals surface area contributed by atoms with E-state index in [1.54, 1.807) is 18.3 Å². The molecule has 5 nitrogen and oxygen atoms in total. The molecule has 0 radical (unpaired) electrons. The molecule has 2 N–H and O–H groups in total. The van der Waals surface area contributed by atoms with Crippen molar-refractivity contribution in [2.75, 3.05) is 7.11 Å². The number of methoxy groups -OCH3 is 1. The van der Waals surface area contributed by atoms with E-state index in [9.17, 15) is 9.59 Å². The molecule has 1 amide bonds. The number of amides is 1. The Bertz CT molecular complexity index is 876. The van der Waals surface area contributed by atoms with E-state index >= 15 is 0 Å². The highest BCUT2D eigenvalue weighted by Gasteiger charge is 2.07. The van der Waals surface area contributed by atoms with Crippen LogP contribution >= 0.6 is 15.9 Å². The zero-order chi connectivity index (χ0) is 17.5. The van der Waals surface area contributed by atoms with Gasteiger partial charge < -0.3 is 10.5 Å². The lowest BCUT2D eigenvalue weighted by molar-refractivity contribution is 0.0600. The SMILES string of the molecule is Brc1cccc2ncccc12.COC(=O)c1cccc(C(N)=O)c1. The topological polar surface area (TPSA) is 82.3 Å². The molecule has 0 aliphatic carbocycles. The number of hydrogen-bond donors (Lipinski definition) is 1. The molecule has 0 aliphatic heterocycles. The van der Waals surface area contributed by atoms with E-state index in [-0.39, 0.29) is 0 Å². The third-order valence-electron chi connectivity index (χ3n) is 3.16. The van der Waals surface area contributed by atoms with Crippen molar-refractivity contribution < 1.29 is 14.3 Å². The van der Waals surface area contributed by atoms with E-state index in [0.29, 0.717) is 11.1 Å². The second-order valence-electron chi connectivity index (χ2n) is 4.75. The predicted molar refractivity (Wildman–Crippen MR) is 95.7 cm³/mol. The number of halogens is 1. The summed E-state index contributed by atoms with van der Waals surface area (Å²) in [5, 5.41) is 1.16. The van der Waals surface area contributed by atoms with Crippen LogP contribution in [0.15, 0.2) is 65.3 Å². The van der Waals surface area contributed by atoms with Gasteiger partial charge in [0.25, 0.3) is 0 Å². The van der Waals surface area contributed by atoms with Gasteiger partial charge in [0, 0.05) is 21.6 Å². The maximum absolute atomic E-state index is 11.0. The maximum atomic E-state index is 11.0. The van der Waals surface area contributed by atoms with Crippen LogP contribution in [0.1, 0.15) is 20.7 Å². The molecule has 1 heterocycles. The van der Waals surface area contributed by atoms with Crippen LogP contribution in [0.4, 0.5) is 0 Å². The molecule has 0 fully saturated rings. The van der Waals surface area contributed by atoms with Crippen molar-refractivity contribution in [2.45, 2.75) is 0 Å². The van der Waals surface area contributed by atoms with Crippen LogP contribution in [-0.2, 0) is 4.74 Å². The Hall–Kier alpha value is -2.73. The van der Waals surface area contributed by atoms with Crippen molar-refractivity contribution in [3.63, 3.8) is 0 Å². The first-order valence-electron chi connectivity index (χ1n) is 7.00. The van der Waals surface area contributed by atoms with Gasteiger partial charge in [-0.1, -0.05) is 34.1 Å². The summed E-state index contributed by atoms with van der Waals surface area (Å²) in [7, 11) is 1.28. The van der Waals surface area contributed by atoms with Gasteiger partial charge in [-0.25, -0.2) is 4.79 Å². The fraction of sp³-hybridized carbons (Fsp3) is 0.0556. The highest BCUT2D eigenvalue weighted by atomic mass is 79.9. The largest absolute Gasteiger partial charge is 0.465 e. The van der Waals surface area contributed by atoms with E-state index in [1.165, 1.54) is 19.2 Å². The third-order valence-corrected chi connectivity index (χ3v) is 3.85. The molecule has 6 heteroatoms. The van der Waals surface area contributed by atoms with Crippen LogP contribution in [0.25, 0.3) is 10.9 Å². The van der Waals surface area contributed by atoms with Gasteiger partial charge in [0.2, 0.25) is 5.91 Å². The van der Waals surface area contributed by atoms with Crippen molar-refractivity contribution in [3.05, 3.63) is 76.4 Å². The number of nitrogens with two attached hydrogens (primary N) is 1. The average Bonchev–Trinajstić information content (AvgIpc) is 2.62. The minimum atomic E-state index is -0.564. The van der Waals surface area contributed by atoms with Crippen molar-refractivity contribution in [1.29, 1.82) is 0 Å². The second-order valence-corrected chi connectivity index (χ2v) is 5.60. The van der Waals surface area contributed by atoms with Crippen LogP contribution in [0.5, 0.6) is 0 Å². The maximum Gasteiger partial charge on any atom is 0.337 e. The highest BCUT2D eigenvalue weighted by molar-refractivity contribution is 9.10. The highest BCUT2D eigenvalue weighted by Crippen LogP contribution is 2.20. The van der Waals surface area contributed by atoms with Gasteiger partial charge in [0.1, 0.15) is 0 Å². The Kier molecular flexibility index (Phi) is 6.03. The normalized spacial score (nSPS) is 9.75. The molecular weight excluding hydrogens is 372 g/mol. The summed E-state index contributed by atoms with van der Waals surface area (Å²) in [4.78, 5) is 26.0. The van der Waals surface area contributed by atoms with Gasteiger partial charge in [-0.05, 0) is 36.4 Å². The number of carbonyl (C=O) groups is 2. The number of ether oxygens (including phenoxy) is 1. The number of aromatic nitrogens is 1. The summed E-state index contributed by atoms with van der Waals surface area (Å²) in [5.74, 6) is -1.05. The van der Waals surface area contributed by atoms with Crippen molar-refractivity contribution >= 4 is 38.7 Å². The van der Waals surface area contributed by atoms with Crippen LogP contribution in [-0.4, -0.2) is 24.0 Å². The number of hydrogen-bond acceptors (Lipinski definition) is 4. The summed E-state index contributed by atoms with van der Waals surface area (Å²) in [6.07, 6.45) is 1.80. The molecule has 24 heavy (non-hydrogen) atoms. The predicted octanol–water partition coefficient (Wildman–Crippen LogP) is 3.57. The Balaban J connectivity index is 0.000000175. The first-order chi connectivity index (χ1) is 11.5. The van der Waals surface area contributed by atoms with E-state index in [4.69, 9.17) is 5.73 Å². The number of nitrogens with zero attached hydrogens (tertiary/aromatic N) is 1. The molecule has 3 rings (SSSR count). The standard InChI is InChI=1S/C9H6BrN.C9H9NO3/c10-8-4-1-5-9-7(8)3-2-6-11-9;1-13-9(12)7-4-2-3-6(5-7)8(10)11/h1-6H;2-5H,1H3,(H2,10,11). The smallest absolute Gasteiger partial charge is 0.337 e. The van der Waals surface area contributed by atoms with Crippen molar-refractivity contribution in [3.8, 4) is 0 Å². The Labute approximate surface area is 147 Å². The lowest BCUT2D eigenvalue weighted by Gasteiger charge is -1.99. The molecule has 0 bridgehead atoms. The summed E-state index contributed by atoms with van der Waals surface area (Å²) < 4.78 is 5.58. The quantitative estimate of drug-likeness (QED) is 0.682. The van der Waals surface area contributed by atoms with Crippen LogP contribution in [0.3, 0.4) is 0 Å². The zero-order valence-corrected chi connectivity index (χ0v) is 14.5. The van der Waals surface area contributed by atoms with E-state index in [0.717, 1.165) is 15.4 Å². The molecule has 0 atom stereocenters. The van der Waals surface area contributed by atoms with Gasteiger partial charge in [-0.2, -0.15) is 0 Å². The summed E-state index contributed by atoms with van der Waals surface area (Å²) in [6.45, 7) is 0. The molecule has 0 spiro atoms. The summed E-state index contributed by atoms with van der Waals surface area (Å²) in [6, 6.07) is 16.1. The molecule has 3 aromatic rings. The molecule has 0 saturated carbocycles. The minimum Gasteiger partial charge on any atom is -0.465 e. The van der Waals surface area contributed by atoms with Gasteiger partial charge in [0.15, 0.2) is 0 Å². The molecule has 2 aromatic carbocycles. The zero-order valence-electron chi connectivity index (χ0n) is 12.9. The number of rotatable bonds is 2. The van der Waals surface area contributed by atoms with E-state index in [1.807, 2.05) is 30.3 Å². The Morgan fingerprint density at radius 2 is 1.75 bits per heavy atom. The van der Waals surface area contributed by atoms with Gasteiger partial charge in [-0.3, -0.25) is 9.78 Å². The number of primary amides is 1. The molecular formula is C18H15BrN2O3. The van der Waals surface area contributed by atoms with Gasteiger partial charge >= 0.3 is 5.97 Å². The van der Waals surface area contributed by atoms with E-state index < -0.39 is 11.9 Å². The third kappa shape index (κ3) is 4.39. The first-order valence-corrected chi connectivity index (χ1v) is 7.79. The Morgan fingerprint density at radius 1 is 1.04 bits per heavy atom. The molecule has 0 aliphatic rings. The number of carbonyl (C=O) groups excluding carboxylic acids is 2. The number of pyridine rings is 1. The fourth-order valence-corrected chi connectivity index (χ4v) is 2.47. The number of fused-ring (bicyclic) bond motifs is 1. The van der Waals surface area contributed by atoms with Crippen LogP contribution in [0, 0.1) is 0 Å². The lowest BCUT2D eigenvalue weighted by Crippen LogP contribution is -2.12. The second kappa shape index (κ2) is 8.21. The van der Waals surface area contributed by atoms with Crippen LogP contribution < -0.4 is 5.73 Å². The monoisotopic (exact) mass is 386 g/mol. The van der Waals surface area contributed by atoms with E-state index in [2.05, 4.69) is 25.7 Å². The molecule has 1 aromatic heterocycles. The molecule has 0 unspecified atom stereocenters. The van der Waals surface area contributed by atoms with Crippen molar-refractivity contribution in [2.24, 2.45) is 5.73 Å². The average molecular weight is 387 g/mol. The van der Waals surface area contributed by atoms with Crippen molar-refractivity contribution in [1.82, 2.24) is 4.98 Å². The summed E-state index contributed by atoms with van der Waals surface area (Å²) in [5.41, 5.74) is 6.68. The Morgan fingerprint density at radius 3 is 2.42 bits per heavy atom. The molecule has 0 saturated heterocycles. The van der Waals surface area contributed by atoms with Crippen LogP contribution in [0.2, 0.25) is 0 Å². The minimum absolute atomic E-state index is 0.294. The van der Waals surface area contributed by atoms with Gasteiger partial charge in [0.05, 0.1) is 18.2 Å². The first kappa shape index (κ1) is 17.6. The fourth-order valence-electron chi connectivity index (χ4n) is 1.98.